The van der Waals surface area contributed by atoms with Crippen molar-refractivity contribution in [2.75, 3.05) is 0 Å². The number of benzene rings is 1. The number of hydrogen-bond donors (Lipinski definition) is 0. The summed E-state index contributed by atoms with van der Waals surface area (Å²) in [4.78, 5) is 22.4. The lowest BCUT2D eigenvalue weighted by molar-refractivity contribution is -0.385. The molecule has 1 aromatic carbocycles. The van der Waals surface area contributed by atoms with Crippen molar-refractivity contribution < 1.29 is 14.5 Å². The minimum absolute atomic E-state index is 0.0649. The van der Waals surface area contributed by atoms with Crippen LogP contribution in [0.2, 0.25) is 0 Å². The molecule has 0 saturated carbocycles. The molecule has 128 valence electrons. The summed E-state index contributed by atoms with van der Waals surface area (Å²) < 4.78 is 6.94. The fourth-order valence-corrected chi connectivity index (χ4v) is 2.57. The number of carbonyl (C=O) groups is 1. The third kappa shape index (κ3) is 3.44. The number of para-hydroxylation sites is 1. The zero-order chi connectivity index (χ0) is 18.5. The van der Waals surface area contributed by atoms with Gasteiger partial charge in [-0.05, 0) is 24.3 Å². The van der Waals surface area contributed by atoms with Crippen molar-refractivity contribution in [1.82, 2.24) is 4.40 Å². The van der Waals surface area contributed by atoms with E-state index in [2.05, 4.69) is 6.07 Å². The van der Waals surface area contributed by atoms with Gasteiger partial charge in [0.05, 0.1) is 21.6 Å². The summed E-state index contributed by atoms with van der Waals surface area (Å²) in [5.41, 5.74) is 1.98. The van der Waals surface area contributed by atoms with E-state index in [1.165, 1.54) is 18.2 Å². The molecule has 2 heterocycles. The molecular formula is C19H13N3O4. The standard InChI is InChI=1S/C19H13N3O4/c20-11-16-15(12-21-10-4-3-7-18(16)21)13-26-19(23)9-8-14-5-1-2-6-17(14)22(24)25/h1-10,12H,13H2/b9-8+. The number of nitrogens with zero attached hydrogens (tertiary/aromatic N) is 3. The quantitative estimate of drug-likeness (QED) is 0.305. The lowest BCUT2D eigenvalue weighted by atomic mass is 10.1. The van der Waals surface area contributed by atoms with Crippen molar-refractivity contribution in [3.05, 3.63) is 87.7 Å². The van der Waals surface area contributed by atoms with Crippen molar-refractivity contribution >= 4 is 23.2 Å². The van der Waals surface area contributed by atoms with E-state index in [-0.39, 0.29) is 12.3 Å². The van der Waals surface area contributed by atoms with Crippen LogP contribution in [-0.4, -0.2) is 15.3 Å². The number of nitro benzene ring substituents is 1. The van der Waals surface area contributed by atoms with Crippen molar-refractivity contribution in [1.29, 1.82) is 5.26 Å². The summed E-state index contributed by atoms with van der Waals surface area (Å²) in [7, 11) is 0. The number of fused-ring (bicyclic) bond motifs is 1. The summed E-state index contributed by atoms with van der Waals surface area (Å²) >= 11 is 0. The Labute approximate surface area is 148 Å². The highest BCUT2D eigenvalue weighted by molar-refractivity contribution is 5.88. The van der Waals surface area contributed by atoms with Crippen LogP contribution in [0.4, 0.5) is 5.69 Å². The van der Waals surface area contributed by atoms with Crippen LogP contribution < -0.4 is 0 Å². The van der Waals surface area contributed by atoms with Gasteiger partial charge in [-0.2, -0.15) is 5.26 Å². The highest BCUT2D eigenvalue weighted by Crippen LogP contribution is 2.20. The Kier molecular flexibility index (Phi) is 4.76. The zero-order valence-corrected chi connectivity index (χ0v) is 13.5. The van der Waals surface area contributed by atoms with E-state index in [1.54, 1.807) is 35.0 Å². The molecule has 7 nitrogen and oxygen atoms in total. The highest BCUT2D eigenvalue weighted by Gasteiger charge is 2.12. The molecule has 0 aliphatic rings. The molecule has 2 aromatic heterocycles. The third-order valence-electron chi connectivity index (χ3n) is 3.78. The Balaban J connectivity index is 1.72. The lowest BCUT2D eigenvalue weighted by Gasteiger charge is -2.00. The minimum Gasteiger partial charge on any atom is -0.458 e. The first-order chi connectivity index (χ1) is 12.6. The molecule has 0 bridgehead atoms. The summed E-state index contributed by atoms with van der Waals surface area (Å²) in [6.45, 7) is -0.0649. The van der Waals surface area contributed by atoms with E-state index >= 15 is 0 Å². The minimum atomic E-state index is -0.651. The molecule has 7 heteroatoms. The number of hydrogen-bond acceptors (Lipinski definition) is 5. The normalized spacial score (nSPS) is 10.7. The third-order valence-corrected chi connectivity index (χ3v) is 3.78. The van der Waals surface area contributed by atoms with Gasteiger partial charge < -0.3 is 9.14 Å². The van der Waals surface area contributed by atoms with Gasteiger partial charge in [-0.3, -0.25) is 10.1 Å². The van der Waals surface area contributed by atoms with E-state index in [4.69, 9.17) is 4.74 Å². The number of nitriles is 1. The second kappa shape index (κ2) is 7.32. The van der Waals surface area contributed by atoms with Crippen LogP contribution in [0.5, 0.6) is 0 Å². The lowest BCUT2D eigenvalue weighted by Crippen LogP contribution is -2.01. The molecule has 0 aliphatic heterocycles. The first-order valence-corrected chi connectivity index (χ1v) is 7.67. The maximum atomic E-state index is 11.9. The van der Waals surface area contributed by atoms with Crippen LogP contribution in [0.1, 0.15) is 16.7 Å². The zero-order valence-electron chi connectivity index (χ0n) is 13.5. The van der Waals surface area contributed by atoms with Gasteiger partial charge in [-0.25, -0.2) is 4.79 Å². The van der Waals surface area contributed by atoms with Gasteiger partial charge in [0.2, 0.25) is 0 Å². The van der Waals surface area contributed by atoms with E-state index in [9.17, 15) is 20.2 Å². The van der Waals surface area contributed by atoms with Crippen molar-refractivity contribution in [2.45, 2.75) is 6.61 Å². The van der Waals surface area contributed by atoms with E-state index in [0.29, 0.717) is 16.7 Å². The second-order valence-electron chi connectivity index (χ2n) is 5.39. The summed E-state index contributed by atoms with van der Waals surface area (Å²) in [5, 5.41) is 20.3. The topological polar surface area (TPSA) is 97.6 Å². The van der Waals surface area contributed by atoms with E-state index in [1.807, 2.05) is 12.1 Å². The largest absolute Gasteiger partial charge is 0.458 e. The first kappa shape index (κ1) is 16.9. The van der Waals surface area contributed by atoms with Gasteiger partial charge in [0.1, 0.15) is 12.7 Å². The number of aromatic nitrogens is 1. The number of ether oxygens (including phenoxy) is 1. The van der Waals surface area contributed by atoms with Gasteiger partial charge in [-0.15, -0.1) is 0 Å². The Morgan fingerprint density at radius 1 is 1.27 bits per heavy atom. The molecule has 0 atom stereocenters. The van der Waals surface area contributed by atoms with Gasteiger partial charge in [0.25, 0.3) is 5.69 Å². The monoisotopic (exact) mass is 347 g/mol. The summed E-state index contributed by atoms with van der Waals surface area (Å²) in [6, 6.07) is 13.7. The van der Waals surface area contributed by atoms with Crippen LogP contribution in [0.25, 0.3) is 11.6 Å². The van der Waals surface area contributed by atoms with Gasteiger partial charge in [-0.1, -0.05) is 18.2 Å². The number of carbonyl (C=O) groups excluding carboxylic acids is 1. The van der Waals surface area contributed by atoms with Crippen LogP contribution in [-0.2, 0) is 16.1 Å². The van der Waals surface area contributed by atoms with Crippen LogP contribution >= 0.6 is 0 Å². The summed E-state index contributed by atoms with van der Waals surface area (Å²) in [6.07, 6.45) is 5.99. The van der Waals surface area contributed by atoms with Crippen molar-refractivity contribution in [3.8, 4) is 6.07 Å². The van der Waals surface area contributed by atoms with Crippen LogP contribution in [0.15, 0.2) is 60.9 Å². The molecule has 26 heavy (non-hydrogen) atoms. The molecule has 0 unspecified atom stereocenters. The number of esters is 1. The maximum Gasteiger partial charge on any atom is 0.331 e. The predicted molar refractivity (Wildman–Crippen MR) is 94.0 cm³/mol. The molecule has 0 radical (unpaired) electrons. The number of rotatable bonds is 5. The molecular weight excluding hydrogens is 334 g/mol. The predicted octanol–water partition coefficient (Wildman–Crippen LogP) is 3.48. The molecule has 3 aromatic rings. The summed E-state index contributed by atoms with van der Waals surface area (Å²) in [5.74, 6) is -0.651. The molecule has 0 amide bonds. The smallest absolute Gasteiger partial charge is 0.331 e. The molecule has 0 spiro atoms. The highest BCUT2D eigenvalue weighted by atomic mass is 16.6. The Hall–Kier alpha value is -3.92. The Morgan fingerprint density at radius 3 is 2.81 bits per heavy atom. The molecule has 0 aliphatic carbocycles. The molecule has 0 N–H and O–H groups in total. The van der Waals surface area contributed by atoms with Crippen LogP contribution in [0, 0.1) is 21.4 Å². The van der Waals surface area contributed by atoms with Gasteiger partial charge in [0, 0.05) is 30.1 Å². The second-order valence-corrected chi connectivity index (χ2v) is 5.39. The fraction of sp³-hybridized carbons (Fsp3) is 0.0526. The molecule has 3 rings (SSSR count). The van der Waals surface area contributed by atoms with E-state index in [0.717, 1.165) is 11.6 Å². The van der Waals surface area contributed by atoms with Gasteiger partial charge in [0.15, 0.2) is 0 Å². The number of nitro groups is 1. The average molecular weight is 347 g/mol. The average Bonchev–Trinajstić information content (AvgIpc) is 3.02. The fourth-order valence-electron chi connectivity index (χ4n) is 2.57. The van der Waals surface area contributed by atoms with E-state index < -0.39 is 10.9 Å². The van der Waals surface area contributed by atoms with Crippen LogP contribution in [0.3, 0.4) is 0 Å². The first-order valence-electron chi connectivity index (χ1n) is 7.67. The van der Waals surface area contributed by atoms with Gasteiger partial charge >= 0.3 is 5.97 Å². The Bertz CT molecular complexity index is 1060. The van der Waals surface area contributed by atoms with Crippen molar-refractivity contribution in [2.24, 2.45) is 0 Å². The maximum absolute atomic E-state index is 11.9. The van der Waals surface area contributed by atoms with Crippen molar-refractivity contribution in [3.63, 3.8) is 0 Å². The number of pyridine rings is 1. The Morgan fingerprint density at radius 2 is 2.04 bits per heavy atom. The SMILES string of the molecule is N#Cc1c(COC(=O)/C=C/c2ccccc2[N+](=O)[O-])cn2ccccc12. The molecule has 0 fully saturated rings. The molecule has 0 saturated heterocycles.